The predicted octanol–water partition coefficient (Wildman–Crippen LogP) is 3.40. The number of benzene rings is 1. The van der Waals surface area contributed by atoms with Crippen molar-refractivity contribution >= 4 is 5.82 Å². The van der Waals surface area contributed by atoms with E-state index in [0.717, 1.165) is 11.1 Å². The Morgan fingerprint density at radius 3 is 2.61 bits per heavy atom. The normalized spacial score (nSPS) is 11.7. The number of nitrogens with one attached hydrogen (secondary N) is 1. The molecule has 0 bridgehead atoms. The second-order valence-corrected chi connectivity index (χ2v) is 7.73. The first-order chi connectivity index (χ1) is 15.9. The van der Waals surface area contributed by atoms with E-state index >= 15 is 0 Å². The van der Waals surface area contributed by atoms with Crippen molar-refractivity contribution in [3.8, 4) is 45.7 Å². The first-order valence-electron chi connectivity index (χ1n) is 10.4. The van der Waals surface area contributed by atoms with Gasteiger partial charge in [0.05, 0.1) is 17.9 Å². The lowest BCUT2D eigenvalue weighted by atomic mass is 10.0. The SMILES string of the molecule is Cc1cc(O)cc(-c2nn(CC#N)cc2-c2cc(NC[C@H](C)O)nc(-c3ccncc3)n2)c1. The van der Waals surface area contributed by atoms with Gasteiger partial charge in [-0.2, -0.15) is 10.4 Å². The highest BCUT2D eigenvalue weighted by Gasteiger charge is 2.18. The third-order valence-electron chi connectivity index (χ3n) is 4.85. The van der Waals surface area contributed by atoms with Gasteiger partial charge in [-0.1, -0.05) is 0 Å². The quantitative estimate of drug-likeness (QED) is 0.397. The van der Waals surface area contributed by atoms with Crippen molar-refractivity contribution < 1.29 is 10.2 Å². The summed E-state index contributed by atoms with van der Waals surface area (Å²) in [6.07, 6.45) is 4.53. The molecule has 0 amide bonds. The van der Waals surface area contributed by atoms with E-state index in [2.05, 4.69) is 26.5 Å². The molecule has 0 aliphatic carbocycles. The van der Waals surface area contributed by atoms with Crippen LogP contribution in [0.25, 0.3) is 33.9 Å². The van der Waals surface area contributed by atoms with E-state index < -0.39 is 6.10 Å². The molecule has 9 nitrogen and oxygen atoms in total. The van der Waals surface area contributed by atoms with Gasteiger partial charge in [0, 0.05) is 47.9 Å². The first-order valence-corrected chi connectivity index (χ1v) is 10.4. The molecular weight excluding hydrogens is 418 g/mol. The monoisotopic (exact) mass is 441 g/mol. The average molecular weight is 441 g/mol. The fourth-order valence-electron chi connectivity index (χ4n) is 3.43. The van der Waals surface area contributed by atoms with E-state index in [0.29, 0.717) is 40.7 Å². The van der Waals surface area contributed by atoms with Crippen molar-refractivity contribution in [2.24, 2.45) is 0 Å². The van der Waals surface area contributed by atoms with Crippen LogP contribution in [0, 0.1) is 18.3 Å². The highest BCUT2D eigenvalue weighted by Crippen LogP contribution is 2.34. The fraction of sp³-hybridized carbons (Fsp3) is 0.208. The molecule has 9 heteroatoms. The number of hydrogen-bond donors (Lipinski definition) is 3. The Kier molecular flexibility index (Phi) is 6.29. The number of aliphatic hydroxyl groups is 1. The van der Waals surface area contributed by atoms with Crippen molar-refractivity contribution in [2.75, 3.05) is 11.9 Å². The number of aromatic hydroxyl groups is 1. The van der Waals surface area contributed by atoms with Gasteiger partial charge in [0.2, 0.25) is 0 Å². The molecule has 0 radical (unpaired) electrons. The van der Waals surface area contributed by atoms with Crippen molar-refractivity contribution in [2.45, 2.75) is 26.5 Å². The predicted molar refractivity (Wildman–Crippen MR) is 124 cm³/mol. The van der Waals surface area contributed by atoms with Crippen molar-refractivity contribution in [1.29, 1.82) is 5.26 Å². The Balaban J connectivity index is 1.90. The number of anilines is 1. The highest BCUT2D eigenvalue weighted by molar-refractivity contribution is 5.81. The van der Waals surface area contributed by atoms with Crippen LogP contribution < -0.4 is 5.32 Å². The van der Waals surface area contributed by atoms with Gasteiger partial charge in [0.25, 0.3) is 0 Å². The van der Waals surface area contributed by atoms with Gasteiger partial charge in [-0.05, 0) is 49.7 Å². The minimum atomic E-state index is -0.558. The van der Waals surface area contributed by atoms with Crippen LogP contribution in [0.15, 0.2) is 55.0 Å². The van der Waals surface area contributed by atoms with E-state index in [1.165, 1.54) is 0 Å². The maximum absolute atomic E-state index is 10.1. The zero-order valence-corrected chi connectivity index (χ0v) is 18.3. The Labute approximate surface area is 191 Å². The van der Waals surface area contributed by atoms with E-state index in [-0.39, 0.29) is 12.3 Å². The zero-order chi connectivity index (χ0) is 23.4. The molecule has 4 rings (SSSR count). The first kappa shape index (κ1) is 21.9. The molecule has 0 spiro atoms. The molecule has 33 heavy (non-hydrogen) atoms. The maximum Gasteiger partial charge on any atom is 0.162 e. The second kappa shape index (κ2) is 9.46. The number of aromatic nitrogens is 5. The average Bonchev–Trinajstić information content (AvgIpc) is 3.22. The third-order valence-corrected chi connectivity index (χ3v) is 4.85. The molecule has 0 saturated heterocycles. The van der Waals surface area contributed by atoms with Crippen LogP contribution in [-0.4, -0.2) is 47.6 Å². The van der Waals surface area contributed by atoms with Crippen molar-refractivity contribution in [1.82, 2.24) is 24.7 Å². The summed E-state index contributed by atoms with van der Waals surface area (Å²) in [7, 11) is 0. The van der Waals surface area contributed by atoms with E-state index in [1.807, 2.05) is 25.1 Å². The summed E-state index contributed by atoms with van der Waals surface area (Å²) < 4.78 is 1.54. The number of rotatable bonds is 7. The largest absolute Gasteiger partial charge is 0.508 e. The third kappa shape index (κ3) is 5.14. The molecule has 166 valence electrons. The maximum atomic E-state index is 10.1. The molecule has 1 atom stereocenters. The van der Waals surface area contributed by atoms with Gasteiger partial charge in [-0.3, -0.25) is 9.67 Å². The minimum absolute atomic E-state index is 0.0697. The number of phenolic OH excluding ortho intramolecular Hbond substituents is 1. The van der Waals surface area contributed by atoms with Crippen molar-refractivity contribution in [3.63, 3.8) is 0 Å². The van der Waals surface area contributed by atoms with Crippen LogP contribution in [0.5, 0.6) is 5.75 Å². The topological polar surface area (TPSA) is 133 Å². The van der Waals surface area contributed by atoms with Gasteiger partial charge < -0.3 is 15.5 Å². The summed E-state index contributed by atoms with van der Waals surface area (Å²) in [5, 5.41) is 36.8. The molecule has 0 aliphatic heterocycles. The molecule has 4 aromatic rings. The van der Waals surface area contributed by atoms with Crippen LogP contribution in [0.1, 0.15) is 12.5 Å². The van der Waals surface area contributed by atoms with Crippen molar-refractivity contribution in [3.05, 3.63) is 60.6 Å². The molecule has 0 fully saturated rings. The second-order valence-electron chi connectivity index (χ2n) is 7.73. The molecule has 3 N–H and O–H groups in total. The van der Waals surface area contributed by atoms with Gasteiger partial charge >= 0.3 is 0 Å². The fourth-order valence-corrected chi connectivity index (χ4v) is 3.43. The van der Waals surface area contributed by atoms with Crippen LogP contribution in [0.4, 0.5) is 5.82 Å². The standard InChI is InChI=1S/C24H23N7O2/c1-15-9-18(11-19(33)10-15)23-20(14-31(30-23)8-5-25)21-12-22(27-13-16(2)32)29-24(28-21)17-3-6-26-7-4-17/h3-4,6-7,9-12,14,16,32-33H,8,13H2,1-2H3,(H,27,28,29)/t16-/m0/s1. The van der Waals surface area contributed by atoms with Crippen LogP contribution in [0.3, 0.4) is 0 Å². The number of aryl methyl sites for hydroxylation is 1. The Morgan fingerprint density at radius 1 is 1.12 bits per heavy atom. The molecule has 0 unspecified atom stereocenters. The zero-order valence-electron chi connectivity index (χ0n) is 18.3. The van der Waals surface area contributed by atoms with E-state index in [4.69, 9.17) is 4.98 Å². The number of nitrogens with zero attached hydrogens (tertiary/aromatic N) is 6. The smallest absolute Gasteiger partial charge is 0.162 e. The van der Waals surface area contributed by atoms with Gasteiger partial charge in [0.15, 0.2) is 5.82 Å². The molecule has 1 aromatic carbocycles. The summed E-state index contributed by atoms with van der Waals surface area (Å²) in [5.74, 6) is 1.15. The number of aliphatic hydroxyl groups excluding tert-OH is 1. The Morgan fingerprint density at radius 2 is 1.91 bits per heavy atom. The van der Waals surface area contributed by atoms with Gasteiger partial charge in [-0.15, -0.1) is 0 Å². The molecule has 3 aromatic heterocycles. The highest BCUT2D eigenvalue weighted by atomic mass is 16.3. The minimum Gasteiger partial charge on any atom is -0.508 e. The Bertz CT molecular complexity index is 1290. The number of hydrogen-bond acceptors (Lipinski definition) is 8. The molecular formula is C24H23N7O2. The number of phenols is 1. The lowest BCUT2D eigenvalue weighted by molar-refractivity contribution is 0.208. The van der Waals surface area contributed by atoms with E-state index in [1.54, 1.807) is 48.4 Å². The molecule has 0 aliphatic rings. The van der Waals surface area contributed by atoms with Gasteiger partial charge in [-0.25, -0.2) is 9.97 Å². The lowest BCUT2D eigenvalue weighted by Gasteiger charge is -2.12. The van der Waals surface area contributed by atoms with Crippen LogP contribution in [0.2, 0.25) is 0 Å². The number of pyridine rings is 1. The van der Waals surface area contributed by atoms with E-state index in [9.17, 15) is 15.5 Å². The summed E-state index contributed by atoms with van der Waals surface area (Å²) >= 11 is 0. The summed E-state index contributed by atoms with van der Waals surface area (Å²) in [6, 6.07) is 12.7. The van der Waals surface area contributed by atoms with Crippen LogP contribution >= 0.6 is 0 Å². The summed E-state index contributed by atoms with van der Waals surface area (Å²) in [5.41, 5.74) is 4.24. The van der Waals surface area contributed by atoms with Gasteiger partial charge in [0.1, 0.15) is 23.8 Å². The Hall–Kier alpha value is -4.29. The summed E-state index contributed by atoms with van der Waals surface area (Å²) in [4.78, 5) is 13.4. The van der Waals surface area contributed by atoms with Crippen LogP contribution in [-0.2, 0) is 6.54 Å². The lowest BCUT2D eigenvalue weighted by Crippen LogP contribution is -2.16. The number of nitriles is 1. The molecule has 0 saturated carbocycles. The summed E-state index contributed by atoms with van der Waals surface area (Å²) in [6.45, 7) is 3.96. The molecule has 3 heterocycles.